The van der Waals surface area contributed by atoms with E-state index in [0.717, 1.165) is 27.1 Å². The number of carbonyl (C=O) groups is 2. The highest BCUT2D eigenvalue weighted by atomic mass is 32.2. The molecule has 0 saturated carbocycles. The van der Waals surface area contributed by atoms with Crippen molar-refractivity contribution in [2.75, 3.05) is 12.9 Å². The van der Waals surface area contributed by atoms with E-state index in [1.807, 2.05) is 26.0 Å². The van der Waals surface area contributed by atoms with Crippen molar-refractivity contribution in [3.8, 4) is 11.1 Å². The molecule has 0 unspecified atom stereocenters. The van der Waals surface area contributed by atoms with Gasteiger partial charge in [0.05, 0.1) is 25.0 Å². The number of thioether (sulfide) groups is 1. The van der Waals surface area contributed by atoms with E-state index in [4.69, 9.17) is 9.84 Å². The first-order chi connectivity index (χ1) is 11.9. The third-order valence-electron chi connectivity index (χ3n) is 3.86. The largest absolute Gasteiger partial charge is 0.481 e. The lowest BCUT2D eigenvalue weighted by atomic mass is 9.93. The Kier molecular flexibility index (Phi) is 6.22. The number of ether oxygens (including phenoxy) is 1. The Bertz CT molecular complexity index is 814. The first-order valence-electron chi connectivity index (χ1n) is 7.65. The van der Waals surface area contributed by atoms with Gasteiger partial charge in [-0.3, -0.25) is 4.79 Å². The van der Waals surface area contributed by atoms with Gasteiger partial charge in [-0.05, 0) is 59.9 Å². The van der Waals surface area contributed by atoms with Gasteiger partial charge in [0.25, 0.3) is 0 Å². The number of hydrogen-bond acceptors (Lipinski definition) is 5. The van der Waals surface area contributed by atoms with E-state index >= 15 is 0 Å². The maximum Gasteiger partial charge on any atom is 0.337 e. The molecule has 0 spiro atoms. The number of carbonyl (C=O) groups excluding carboxylic acids is 1. The van der Waals surface area contributed by atoms with Gasteiger partial charge in [-0.15, -0.1) is 11.8 Å². The van der Waals surface area contributed by atoms with Gasteiger partial charge < -0.3 is 14.9 Å². The number of benzene rings is 2. The highest BCUT2D eigenvalue weighted by Crippen LogP contribution is 2.33. The van der Waals surface area contributed by atoms with Gasteiger partial charge in [-0.1, -0.05) is 12.1 Å². The lowest BCUT2D eigenvalue weighted by molar-refractivity contribution is -0.133. The van der Waals surface area contributed by atoms with Crippen LogP contribution in [0.3, 0.4) is 0 Å². The number of esters is 1. The van der Waals surface area contributed by atoms with E-state index in [-0.39, 0.29) is 12.4 Å². The molecule has 2 aromatic rings. The van der Waals surface area contributed by atoms with Crippen LogP contribution >= 0.6 is 11.8 Å². The quantitative estimate of drug-likeness (QED) is 0.607. The van der Waals surface area contributed by atoms with E-state index in [0.29, 0.717) is 11.1 Å². The predicted octanol–water partition coefficient (Wildman–Crippen LogP) is 3.43. The molecule has 25 heavy (non-hydrogen) atoms. The van der Waals surface area contributed by atoms with Crippen molar-refractivity contribution in [2.24, 2.45) is 0 Å². The molecule has 0 radical (unpaired) electrons. The number of aliphatic carboxylic acids is 1. The standard InChI is InChI=1S/C19H20O5S/c1-11-7-17(25-10-18(21)22)12(2)6-15(11)16-8-13(19(23)24-3)4-5-14(16)9-20/h4-8,20H,9-10H2,1-3H3,(H,21,22). The number of hydrogen-bond donors (Lipinski definition) is 2. The van der Waals surface area contributed by atoms with Crippen molar-refractivity contribution in [3.63, 3.8) is 0 Å². The molecule has 0 aliphatic rings. The number of aryl methyl sites for hydroxylation is 2. The second kappa shape index (κ2) is 8.18. The Balaban J connectivity index is 2.52. The van der Waals surface area contributed by atoms with Gasteiger partial charge >= 0.3 is 11.9 Å². The number of carboxylic acid groups (broad SMARTS) is 1. The van der Waals surface area contributed by atoms with Gasteiger partial charge in [-0.25, -0.2) is 4.79 Å². The molecule has 0 aliphatic carbocycles. The molecule has 0 bridgehead atoms. The highest BCUT2D eigenvalue weighted by Gasteiger charge is 2.14. The van der Waals surface area contributed by atoms with Gasteiger partial charge in [-0.2, -0.15) is 0 Å². The molecule has 0 fully saturated rings. The van der Waals surface area contributed by atoms with Crippen LogP contribution in [-0.2, 0) is 16.1 Å². The average Bonchev–Trinajstić information content (AvgIpc) is 2.60. The normalized spacial score (nSPS) is 10.6. The number of aliphatic hydroxyl groups is 1. The smallest absolute Gasteiger partial charge is 0.337 e. The van der Waals surface area contributed by atoms with Crippen LogP contribution in [-0.4, -0.2) is 35.0 Å². The van der Waals surface area contributed by atoms with Crippen LogP contribution < -0.4 is 0 Å². The Labute approximate surface area is 150 Å². The Morgan fingerprint density at radius 2 is 1.80 bits per heavy atom. The highest BCUT2D eigenvalue weighted by molar-refractivity contribution is 8.00. The van der Waals surface area contributed by atoms with E-state index in [1.165, 1.54) is 18.9 Å². The minimum atomic E-state index is -0.862. The van der Waals surface area contributed by atoms with Crippen molar-refractivity contribution in [1.82, 2.24) is 0 Å². The van der Waals surface area contributed by atoms with Crippen molar-refractivity contribution in [2.45, 2.75) is 25.3 Å². The minimum absolute atomic E-state index is 0.000652. The molecular weight excluding hydrogens is 340 g/mol. The fraction of sp³-hybridized carbons (Fsp3) is 0.263. The SMILES string of the molecule is COC(=O)c1ccc(CO)c(-c2cc(C)c(SCC(=O)O)cc2C)c1. The van der Waals surface area contributed by atoms with Crippen molar-refractivity contribution in [3.05, 3.63) is 52.6 Å². The summed E-state index contributed by atoms with van der Waals surface area (Å²) in [7, 11) is 1.33. The summed E-state index contributed by atoms with van der Waals surface area (Å²) in [6, 6.07) is 8.94. The van der Waals surface area contributed by atoms with E-state index in [9.17, 15) is 14.7 Å². The number of carboxylic acids is 1. The summed E-state index contributed by atoms with van der Waals surface area (Å²) >= 11 is 1.27. The molecule has 2 rings (SSSR count). The molecule has 6 heteroatoms. The van der Waals surface area contributed by atoms with Gasteiger partial charge in [0.15, 0.2) is 0 Å². The lowest BCUT2D eigenvalue weighted by Crippen LogP contribution is -2.03. The molecule has 0 saturated heterocycles. The maximum atomic E-state index is 11.8. The van der Waals surface area contributed by atoms with Crippen LogP contribution in [0.4, 0.5) is 0 Å². The Hall–Kier alpha value is -2.31. The number of methoxy groups -OCH3 is 1. The van der Waals surface area contributed by atoms with Crippen LogP contribution in [0.2, 0.25) is 0 Å². The fourth-order valence-corrected chi connectivity index (χ4v) is 3.41. The molecule has 5 nitrogen and oxygen atoms in total. The average molecular weight is 360 g/mol. The van der Waals surface area contributed by atoms with Crippen LogP contribution in [0, 0.1) is 13.8 Å². The Morgan fingerprint density at radius 1 is 1.08 bits per heavy atom. The number of aliphatic hydroxyl groups excluding tert-OH is 1. The zero-order valence-electron chi connectivity index (χ0n) is 14.3. The monoisotopic (exact) mass is 360 g/mol. The van der Waals surface area contributed by atoms with Gasteiger partial charge in [0.2, 0.25) is 0 Å². The number of rotatable bonds is 6. The Morgan fingerprint density at radius 3 is 2.40 bits per heavy atom. The van der Waals surface area contributed by atoms with E-state index in [2.05, 4.69) is 0 Å². The molecule has 0 aliphatic heterocycles. The predicted molar refractivity (Wildman–Crippen MR) is 97.0 cm³/mol. The summed E-state index contributed by atoms with van der Waals surface area (Å²) in [6.45, 7) is 3.69. The second-order valence-corrected chi connectivity index (χ2v) is 6.65. The summed E-state index contributed by atoms with van der Waals surface area (Å²) < 4.78 is 4.77. The first kappa shape index (κ1) is 19.0. The molecule has 132 valence electrons. The molecule has 2 aromatic carbocycles. The van der Waals surface area contributed by atoms with Crippen LogP contribution in [0.25, 0.3) is 11.1 Å². The fourth-order valence-electron chi connectivity index (χ4n) is 2.58. The maximum absolute atomic E-state index is 11.8. The van der Waals surface area contributed by atoms with Crippen LogP contribution in [0.15, 0.2) is 35.2 Å². The molecule has 0 amide bonds. The van der Waals surface area contributed by atoms with Crippen molar-refractivity contribution < 1.29 is 24.5 Å². The third kappa shape index (κ3) is 4.41. The summed E-state index contributed by atoms with van der Waals surface area (Å²) in [5.74, 6) is -1.30. The summed E-state index contributed by atoms with van der Waals surface area (Å²) in [5, 5.41) is 18.5. The summed E-state index contributed by atoms with van der Waals surface area (Å²) in [5.41, 5.74) is 4.67. The first-order valence-corrected chi connectivity index (χ1v) is 8.64. The molecule has 0 atom stereocenters. The molecule has 0 aromatic heterocycles. The summed E-state index contributed by atoms with van der Waals surface area (Å²) in [6.07, 6.45) is 0. The second-order valence-electron chi connectivity index (χ2n) is 5.64. The van der Waals surface area contributed by atoms with Crippen LogP contribution in [0.5, 0.6) is 0 Å². The summed E-state index contributed by atoms with van der Waals surface area (Å²) in [4.78, 5) is 23.5. The molecular formula is C19H20O5S. The van der Waals surface area contributed by atoms with Crippen molar-refractivity contribution >= 4 is 23.7 Å². The minimum Gasteiger partial charge on any atom is -0.481 e. The van der Waals surface area contributed by atoms with E-state index in [1.54, 1.807) is 18.2 Å². The van der Waals surface area contributed by atoms with Gasteiger partial charge in [0, 0.05) is 4.90 Å². The zero-order chi connectivity index (χ0) is 18.6. The van der Waals surface area contributed by atoms with Gasteiger partial charge in [0.1, 0.15) is 0 Å². The third-order valence-corrected chi connectivity index (χ3v) is 5.01. The molecule has 2 N–H and O–H groups in total. The molecule has 0 heterocycles. The van der Waals surface area contributed by atoms with E-state index < -0.39 is 11.9 Å². The van der Waals surface area contributed by atoms with Crippen molar-refractivity contribution in [1.29, 1.82) is 0 Å². The zero-order valence-corrected chi connectivity index (χ0v) is 15.1. The topological polar surface area (TPSA) is 83.8 Å². The lowest BCUT2D eigenvalue weighted by Gasteiger charge is -2.15. The van der Waals surface area contributed by atoms with Crippen LogP contribution in [0.1, 0.15) is 27.0 Å².